The summed E-state index contributed by atoms with van der Waals surface area (Å²) in [6.45, 7) is 0. The molecule has 45 heavy (non-hydrogen) atoms. The van der Waals surface area contributed by atoms with Crippen molar-refractivity contribution >= 4 is 65.2 Å². The minimum atomic E-state index is 0.926. The fourth-order valence-electron chi connectivity index (χ4n) is 7.27. The van der Waals surface area contributed by atoms with Crippen LogP contribution in [0.15, 0.2) is 152 Å². The smallest absolute Gasteiger partial charge is 0.0972 e. The third kappa shape index (κ3) is 3.52. The molecule has 0 aliphatic carbocycles. The van der Waals surface area contributed by atoms with Gasteiger partial charge in [-0.3, -0.25) is 0 Å². The second-order valence-electron chi connectivity index (χ2n) is 11.8. The molecule has 7 aromatic carbocycles. The van der Waals surface area contributed by atoms with Gasteiger partial charge in [0.05, 0.1) is 33.5 Å². The Kier molecular flexibility index (Phi) is 5.00. The van der Waals surface area contributed by atoms with Gasteiger partial charge in [0, 0.05) is 38.4 Å². The maximum atomic E-state index is 5.27. The third-order valence-corrected chi connectivity index (χ3v) is 9.32. The minimum absolute atomic E-state index is 0.926. The molecule has 0 fully saturated rings. The van der Waals surface area contributed by atoms with Gasteiger partial charge in [-0.15, -0.1) is 0 Å². The van der Waals surface area contributed by atoms with Crippen molar-refractivity contribution < 1.29 is 0 Å². The van der Waals surface area contributed by atoms with Crippen LogP contribution in [0.2, 0.25) is 0 Å². The minimum Gasteiger partial charge on any atom is -0.309 e. The normalized spacial score (nSPS) is 12.0. The standard InChI is InChI=1S/C42H25N3/c1-3-9-26(10-4-1)35-23-20-27-17-18-28-21-24-36(44-42(28)41(27)43-35)29-19-22-31-32-13-7-15-37-39(32)40-33(34(31)25-29)14-8-16-38(40)45(37)30-11-5-2-6-12-30/h1-25H. The van der Waals surface area contributed by atoms with Gasteiger partial charge in [-0.1, -0.05) is 109 Å². The highest BCUT2D eigenvalue weighted by atomic mass is 15.0. The van der Waals surface area contributed by atoms with Crippen LogP contribution in [0.4, 0.5) is 0 Å². The fraction of sp³-hybridized carbons (Fsp3) is 0. The van der Waals surface area contributed by atoms with Gasteiger partial charge in [0.1, 0.15) is 0 Å². The molecule has 0 aliphatic rings. The molecule has 3 heterocycles. The molecule has 3 nitrogen and oxygen atoms in total. The summed E-state index contributed by atoms with van der Waals surface area (Å²) in [5.41, 5.74) is 9.60. The molecule has 208 valence electrons. The molecule has 0 saturated carbocycles. The van der Waals surface area contributed by atoms with E-state index in [1.165, 1.54) is 49.0 Å². The van der Waals surface area contributed by atoms with E-state index in [1.54, 1.807) is 0 Å². The molecule has 0 saturated heterocycles. The second-order valence-corrected chi connectivity index (χ2v) is 11.8. The molecular formula is C42H25N3. The maximum Gasteiger partial charge on any atom is 0.0972 e. The summed E-state index contributed by atoms with van der Waals surface area (Å²) in [5.74, 6) is 0. The summed E-state index contributed by atoms with van der Waals surface area (Å²) in [7, 11) is 0. The zero-order valence-corrected chi connectivity index (χ0v) is 24.3. The molecule has 0 N–H and O–H groups in total. The first-order chi connectivity index (χ1) is 22.3. The van der Waals surface area contributed by atoms with Crippen molar-refractivity contribution in [1.29, 1.82) is 0 Å². The van der Waals surface area contributed by atoms with Crippen LogP contribution >= 0.6 is 0 Å². The number of hydrogen-bond donors (Lipinski definition) is 0. The number of benzene rings is 7. The highest BCUT2D eigenvalue weighted by Gasteiger charge is 2.20. The molecule has 10 aromatic rings. The predicted octanol–water partition coefficient (Wildman–Crippen LogP) is 11.0. The van der Waals surface area contributed by atoms with E-state index in [4.69, 9.17) is 9.97 Å². The van der Waals surface area contributed by atoms with Crippen molar-refractivity contribution in [3.63, 3.8) is 0 Å². The van der Waals surface area contributed by atoms with Gasteiger partial charge in [0.15, 0.2) is 0 Å². The summed E-state index contributed by atoms with van der Waals surface area (Å²) < 4.78 is 2.40. The largest absolute Gasteiger partial charge is 0.309 e. The molecule has 3 aromatic heterocycles. The maximum absolute atomic E-state index is 5.27. The van der Waals surface area contributed by atoms with Crippen molar-refractivity contribution in [3.8, 4) is 28.2 Å². The number of hydrogen-bond acceptors (Lipinski definition) is 2. The van der Waals surface area contributed by atoms with Crippen molar-refractivity contribution in [2.24, 2.45) is 0 Å². The number of nitrogens with zero attached hydrogens (tertiary/aromatic N) is 3. The van der Waals surface area contributed by atoms with Crippen molar-refractivity contribution in [3.05, 3.63) is 152 Å². The van der Waals surface area contributed by atoms with Crippen molar-refractivity contribution in [2.75, 3.05) is 0 Å². The highest BCUT2D eigenvalue weighted by molar-refractivity contribution is 6.34. The molecule has 0 spiro atoms. The van der Waals surface area contributed by atoms with E-state index < -0.39 is 0 Å². The second kappa shape index (κ2) is 9.22. The van der Waals surface area contributed by atoms with E-state index in [2.05, 4.69) is 150 Å². The quantitative estimate of drug-likeness (QED) is 0.198. The van der Waals surface area contributed by atoms with Crippen LogP contribution in [0.3, 0.4) is 0 Å². The summed E-state index contributed by atoms with van der Waals surface area (Å²) >= 11 is 0. The Hall–Kier alpha value is -6.06. The monoisotopic (exact) mass is 571 g/mol. The van der Waals surface area contributed by atoms with Crippen LogP contribution in [0, 0.1) is 0 Å². The third-order valence-electron chi connectivity index (χ3n) is 9.32. The highest BCUT2D eigenvalue weighted by Crippen LogP contribution is 2.44. The Labute approximate surface area is 259 Å². The number of para-hydroxylation sites is 1. The number of aromatic nitrogens is 3. The first-order valence-electron chi connectivity index (χ1n) is 15.3. The Balaban J connectivity index is 1.22. The van der Waals surface area contributed by atoms with Crippen molar-refractivity contribution in [1.82, 2.24) is 14.5 Å². The summed E-state index contributed by atoms with van der Waals surface area (Å²) in [6, 6.07) is 54.1. The number of fused-ring (bicyclic) bond motifs is 6. The predicted molar refractivity (Wildman–Crippen MR) is 188 cm³/mol. The summed E-state index contributed by atoms with van der Waals surface area (Å²) in [4.78, 5) is 10.4. The Morgan fingerprint density at radius 1 is 0.378 bits per heavy atom. The van der Waals surface area contributed by atoms with E-state index >= 15 is 0 Å². The summed E-state index contributed by atoms with van der Waals surface area (Å²) in [5, 5.41) is 9.86. The van der Waals surface area contributed by atoms with E-state index in [0.717, 1.165) is 44.3 Å². The van der Waals surface area contributed by atoms with Crippen LogP contribution in [0.1, 0.15) is 0 Å². The molecule has 3 heteroatoms. The number of rotatable bonds is 3. The van der Waals surface area contributed by atoms with Crippen LogP contribution in [0.25, 0.3) is 93.4 Å². The Morgan fingerprint density at radius 3 is 1.58 bits per heavy atom. The first-order valence-corrected chi connectivity index (χ1v) is 15.3. The van der Waals surface area contributed by atoms with Crippen LogP contribution < -0.4 is 0 Å². The van der Waals surface area contributed by atoms with E-state index in [-0.39, 0.29) is 0 Å². The van der Waals surface area contributed by atoms with Crippen LogP contribution in [-0.4, -0.2) is 14.5 Å². The average Bonchev–Trinajstić information content (AvgIpc) is 3.46. The SMILES string of the molecule is c1ccc(-c2ccc3ccc4ccc(-c5ccc6c(c5)c5cccc7c5c5c6cccc5n7-c5ccccc5)nc4c3n2)cc1. The van der Waals surface area contributed by atoms with Crippen molar-refractivity contribution in [2.45, 2.75) is 0 Å². The van der Waals surface area contributed by atoms with Gasteiger partial charge in [0.2, 0.25) is 0 Å². The Morgan fingerprint density at radius 2 is 0.933 bits per heavy atom. The van der Waals surface area contributed by atoms with Gasteiger partial charge in [0.25, 0.3) is 0 Å². The molecule has 0 amide bonds. The lowest BCUT2D eigenvalue weighted by Crippen LogP contribution is -1.92. The van der Waals surface area contributed by atoms with Gasteiger partial charge < -0.3 is 4.57 Å². The first kappa shape index (κ1) is 24.4. The molecule has 10 rings (SSSR count). The van der Waals surface area contributed by atoms with Gasteiger partial charge in [-0.05, 0) is 64.0 Å². The van der Waals surface area contributed by atoms with Crippen LogP contribution in [-0.2, 0) is 0 Å². The molecule has 0 unspecified atom stereocenters. The molecular weight excluding hydrogens is 546 g/mol. The lowest BCUT2D eigenvalue weighted by Gasteiger charge is -2.11. The average molecular weight is 572 g/mol. The molecule has 0 aliphatic heterocycles. The topological polar surface area (TPSA) is 30.7 Å². The molecule has 0 radical (unpaired) electrons. The van der Waals surface area contributed by atoms with Gasteiger partial charge in [-0.25, -0.2) is 9.97 Å². The lowest BCUT2D eigenvalue weighted by molar-refractivity contribution is 1.18. The lowest BCUT2D eigenvalue weighted by atomic mass is 9.93. The van der Waals surface area contributed by atoms with E-state index in [1.807, 2.05) is 6.07 Å². The fourth-order valence-corrected chi connectivity index (χ4v) is 7.27. The Bertz CT molecular complexity index is 2740. The number of pyridine rings is 2. The molecule has 0 atom stereocenters. The van der Waals surface area contributed by atoms with E-state index in [9.17, 15) is 0 Å². The zero-order chi connectivity index (χ0) is 29.5. The van der Waals surface area contributed by atoms with E-state index in [0.29, 0.717) is 0 Å². The van der Waals surface area contributed by atoms with Gasteiger partial charge in [-0.2, -0.15) is 0 Å². The molecule has 0 bridgehead atoms. The van der Waals surface area contributed by atoms with Gasteiger partial charge >= 0.3 is 0 Å². The summed E-state index contributed by atoms with van der Waals surface area (Å²) in [6.07, 6.45) is 0. The van der Waals surface area contributed by atoms with Crippen LogP contribution in [0.5, 0.6) is 0 Å². The zero-order valence-electron chi connectivity index (χ0n) is 24.3.